The number of hydrogen-bond donors (Lipinski definition) is 0. The van der Waals surface area contributed by atoms with Crippen LogP contribution in [0.25, 0.3) is 0 Å². The lowest BCUT2D eigenvalue weighted by Crippen LogP contribution is -2.12. The minimum absolute atomic E-state index is 0.408. The second-order valence-electron chi connectivity index (χ2n) is 4.68. The van der Waals surface area contributed by atoms with Gasteiger partial charge in [0.25, 0.3) is 0 Å². The van der Waals surface area contributed by atoms with Crippen LogP contribution in [0.4, 0.5) is 0 Å². The van der Waals surface area contributed by atoms with Gasteiger partial charge in [-0.15, -0.1) is 10.2 Å². The molecule has 1 aromatic rings. The molecule has 2 fully saturated rings. The number of rotatable bonds is 4. The van der Waals surface area contributed by atoms with E-state index >= 15 is 0 Å². The third-order valence-electron chi connectivity index (χ3n) is 3.38. The minimum atomic E-state index is 0.408. The van der Waals surface area contributed by atoms with Crippen molar-refractivity contribution in [2.75, 3.05) is 6.61 Å². The fourth-order valence-electron chi connectivity index (χ4n) is 2.29. The lowest BCUT2D eigenvalue weighted by Gasteiger charge is -2.11. The summed E-state index contributed by atoms with van der Waals surface area (Å²) in [5, 5.41) is 8.65. The summed E-state index contributed by atoms with van der Waals surface area (Å²) in [6.45, 7) is 1.80. The van der Waals surface area contributed by atoms with Gasteiger partial charge >= 0.3 is 0 Å². The molecule has 0 aromatic carbocycles. The van der Waals surface area contributed by atoms with Gasteiger partial charge in [-0.25, -0.2) is 0 Å². The maximum absolute atomic E-state index is 6.05. The molecule has 1 unspecified atom stereocenters. The zero-order valence-corrected chi connectivity index (χ0v) is 9.99. The average molecular weight is 242 g/mol. The molecule has 1 atom stereocenters. The fraction of sp³-hybridized carbons (Fsp3) is 0.818. The van der Waals surface area contributed by atoms with E-state index in [-0.39, 0.29) is 0 Å². The molecule has 1 aromatic heterocycles. The lowest BCUT2D eigenvalue weighted by molar-refractivity contribution is 0.100. The molecular formula is C11H16ClN3O. The molecule has 0 N–H and O–H groups in total. The number of ether oxygens (including phenoxy) is 1. The summed E-state index contributed by atoms with van der Waals surface area (Å²) in [6.07, 6.45) is 6.26. The Morgan fingerprint density at radius 3 is 2.88 bits per heavy atom. The van der Waals surface area contributed by atoms with E-state index < -0.39 is 0 Å². The van der Waals surface area contributed by atoms with Crippen molar-refractivity contribution < 1.29 is 4.74 Å². The molecule has 1 saturated heterocycles. The van der Waals surface area contributed by atoms with Crippen LogP contribution in [0.2, 0.25) is 5.28 Å². The number of nitrogens with zero attached hydrogens (tertiary/aromatic N) is 3. The van der Waals surface area contributed by atoms with Crippen LogP contribution in [0.1, 0.15) is 43.8 Å². The van der Waals surface area contributed by atoms with E-state index in [2.05, 4.69) is 14.8 Å². The number of halogens is 1. The maximum Gasteiger partial charge on any atom is 0.225 e. The Kier molecular flexibility index (Phi) is 2.86. The Labute approximate surface area is 99.9 Å². The summed E-state index contributed by atoms with van der Waals surface area (Å²) >= 11 is 6.05. The first-order valence-electron chi connectivity index (χ1n) is 6.05. The predicted octanol–water partition coefficient (Wildman–Crippen LogP) is 2.38. The minimum Gasteiger partial charge on any atom is -0.378 e. The molecule has 0 spiro atoms. The fourth-order valence-corrected chi connectivity index (χ4v) is 2.50. The molecule has 0 radical (unpaired) electrons. The molecule has 1 aliphatic heterocycles. The topological polar surface area (TPSA) is 39.9 Å². The van der Waals surface area contributed by atoms with E-state index in [4.69, 9.17) is 16.3 Å². The summed E-state index contributed by atoms with van der Waals surface area (Å²) in [6, 6.07) is 0. The zero-order valence-electron chi connectivity index (χ0n) is 9.23. The van der Waals surface area contributed by atoms with Gasteiger partial charge in [0.1, 0.15) is 5.82 Å². The molecule has 2 heterocycles. The van der Waals surface area contributed by atoms with Gasteiger partial charge in [0.15, 0.2) is 0 Å². The van der Waals surface area contributed by atoms with Crippen molar-refractivity contribution >= 4 is 11.6 Å². The van der Waals surface area contributed by atoms with E-state index in [0.717, 1.165) is 25.4 Å². The summed E-state index contributed by atoms with van der Waals surface area (Å²) in [5.74, 6) is 1.67. The lowest BCUT2D eigenvalue weighted by atomic mass is 10.2. The van der Waals surface area contributed by atoms with Gasteiger partial charge in [0.2, 0.25) is 5.28 Å². The van der Waals surface area contributed by atoms with Crippen LogP contribution in [0, 0.1) is 0 Å². The average Bonchev–Trinajstić information content (AvgIpc) is 2.87. The van der Waals surface area contributed by atoms with E-state index in [1.54, 1.807) is 0 Å². The molecule has 2 aliphatic rings. The molecule has 1 aliphatic carbocycles. The standard InChI is InChI=1S/C11H16ClN3O/c12-11-14-13-10(8-3-4-8)15(11)6-5-9-2-1-7-16-9/h8-9H,1-7H2. The molecule has 5 heteroatoms. The molecule has 0 bridgehead atoms. The van der Waals surface area contributed by atoms with Crippen LogP contribution in [-0.4, -0.2) is 27.5 Å². The summed E-state index contributed by atoms with van der Waals surface area (Å²) in [4.78, 5) is 0. The second kappa shape index (κ2) is 4.34. The van der Waals surface area contributed by atoms with Gasteiger partial charge in [-0.2, -0.15) is 0 Å². The Bertz CT molecular complexity index is 369. The number of aromatic nitrogens is 3. The van der Waals surface area contributed by atoms with Gasteiger partial charge < -0.3 is 9.30 Å². The van der Waals surface area contributed by atoms with Crippen LogP contribution in [-0.2, 0) is 11.3 Å². The van der Waals surface area contributed by atoms with Crippen LogP contribution in [0.3, 0.4) is 0 Å². The predicted molar refractivity (Wildman–Crippen MR) is 60.6 cm³/mol. The molecule has 1 saturated carbocycles. The van der Waals surface area contributed by atoms with Crippen LogP contribution in [0.15, 0.2) is 0 Å². The molecule has 16 heavy (non-hydrogen) atoms. The Hall–Kier alpha value is -0.610. The monoisotopic (exact) mass is 241 g/mol. The van der Waals surface area contributed by atoms with Crippen molar-refractivity contribution in [3.8, 4) is 0 Å². The first kappa shape index (κ1) is 10.5. The molecule has 4 nitrogen and oxygen atoms in total. The Morgan fingerprint density at radius 1 is 1.31 bits per heavy atom. The summed E-state index contributed by atoms with van der Waals surface area (Å²) < 4.78 is 7.67. The van der Waals surface area contributed by atoms with Gasteiger partial charge in [-0.3, -0.25) is 0 Å². The largest absolute Gasteiger partial charge is 0.378 e. The Morgan fingerprint density at radius 2 is 2.19 bits per heavy atom. The first-order valence-corrected chi connectivity index (χ1v) is 6.42. The first-order chi connectivity index (χ1) is 7.84. The normalized spacial score (nSPS) is 25.2. The third kappa shape index (κ3) is 2.09. The highest BCUT2D eigenvalue weighted by Gasteiger charge is 2.30. The van der Waals surface area contributed by atoms with Crippen LogP contribution >= 0.6 is 11.6 Å². The SMILES string of the molecule is Clc1nnc(C2CC2)n1CCC1CCCO1. The molecule has 0 amide bonds. The third-order valence-corrected chi connectivity index (χ3v) is 3.66. The van der Waals surface area contributed by atoms with Crippen molar-refractivity contribution in [2.45, 2.75) is 50.7 Å². The van der Waals surface area contributed by atoms with Crippen LogP contribution in [0.5, 0.6) is 0 Å². The smallest absolute Gasteiger partial charge is 0.225 e. The van der Waals surface area contributed by atoms with E-state index in [1.807, 2.05) is 0 Å². The van der Waals surface area contributed by atoms with E-state index in [1.165, 1.54) is 25.7 Å². The number of hydrogen-bond acceptors (Lipinski definition) is 3. The highest BCUT2D eigenvalue weighted by molar-refractivity contribution is 6.28. The molecule has 88 valence electrons. The van der Waals surface area contributed by atoms with Crippen molar-refractivity contribution in [2.24, 2.45) is 0 Å². The second-order valence-corrected chi connectivity index (χ2v) is 5.01. The van der Waals surface area contributed by atoms with Gasteiger partial charge in [-0.05, 0) is 43.7 Å². The molecule has 3 rings (SSSR count). The highest BCUT2D eigenvalue weighted by atomic mass is 35.5. The van der Waals surface area contributed by atoms with Crippen molar-refractivity contribution in [3.63, 3.8) is 0 Å². The quantitative estimate of drug-likeness (QED) is 0.813. The van der Waals surface area contributed by atoms with Crippen molar-refractivity contribution in [1.29, 1.82) is 0 Å². The van der Waals surface area contributed by atoms with E-state index in [0.29, 0.717) is 17.3 Å². The van der Waals surface area contributed by atoms with Gasteiger partial charge in [0, 0.05) is 19.1 Å². The highest BCUT2D eigenvalue weighted by Crippen LogP contribution is 2.39. The van der Waals surface area contributed by atoms with Crippen molar-refractivity contribution in [1.82, 2.24) is 14.8 Å². The van der Waals surface area contributed by atoms with Gasteiger partial charge in [0.05, 0.1) is 6.10 Å². The van der Waals surface area contributed by atoms with Gasteiger partial charge in [-0.1, -0.05) is 0 Å². The Balaban J connectivity index is 1.65. The summed E-state index contributed by atoms with van der Waals surface area (Å²) in [5.41, 5.74) is 0. The van der Waals surface area contributed by atoms with E-state index in [9.17, 15) is 0 Å². The van der Waals surface area contributed by atoms with Crippen LogP contribution < -0.4 is 0 Å². The summed E-state index contributed by atoms with van der Waals surface area (Å²) in [7, 11) is 0. The maximum atomic E-state index is 6.05. The zero-order chi connectivity index (χ0) is 11.0. The van der Waals surface area contributed by atoms with Crippen molar-refractivity contribution in [3.05, 3.63) is 11.1 Å². The molecular weight excluding hydrogens is 226 g/mol.